The van der Waals surface area contributed by atoms with Crippen molar-refractivity contribution in [2.45, 2.75) is 80.4 Å². The largest absolute Gasteiger partial charge is 0.483 e. The van der Waals surface area contributed by atoms with E-state index in [0.717, 1.165) is 29.8 Å². The molecule has 0 unspecified atom stereocenters. The molecule has 2 aromatic rings. The number of hydrogen-bond acceptors (Lipinski definition) is 7. The molecule has 0 radical (unpaired) electrons. The molecule has 0 aromatic heterocycles. The Balaban J connectivity index is 1.32. The van der Waals surface area contributed by atoms with Gasteiger partial charge in [0.05, 0.1) is 22.8 Å². The van der Waals surface area contributed by atoms with Crippen molar-refractivity contribution in [1.29, 1.82) is 0 Å². The number of esters is 1. The Labute approximate surface area is 229 Å². The van der Waals surface area contributed by atoms with Gasteiger partial charge in [0.15, 0.2) is 11.5 Å². The van der Waals surface area contributed by atoms with Gasteiger partial charge in [0, 0.05) is 32.1 Å². The molecule has 2 aliphatic heterocycles. The minimum Gasteiger partial charge on any atom is -0.483 e. The monoisotopic (exact) mass is 552 g/mol. The van der Waals surface area contributed by atoms with E-state index in [0.29, 0.717) is 43.1 Å². The predicted octanol–water partition coefficient (Wildman–Crippen LogP) is 3.01. The van der Waals surface area contributed by atoms with Crippen molar-refractivity contribution in [3.8, 4) is 11.5 Å². The van der Waals surface area contributed by atoms with Crippen molar-refractivity contribution >= 4 is 16.0 Å². The summed E-state index contributed by atoms with van der Waals surface area (Å²) < 4.78 is 41.2. The van der Waals surface area contributed by atoms with E-state index in [9.17, 15) is 18.3 Å². The number of sulfonamides is 1. The first-order chi connectivity index (χ1) is 18.6. The highest BCUT2D eigenvalue weighted by Gasteiger charge is 2.73. The highest BCUT2D eigenvalue weighted by molar-refractivity contribution is 7.88. The van der Waals surface area contributed by atoms with E-state index < -0.39 is 39.2 Å². The Kier molecular flexibility index (Phi) is 5.73. The molecule has 1 spiro atoms. The second-order valence-corrected chi connectivity index (χ2v) is 14.3. The lowest BCUT2D eigenvalue weighted by atomic mass is 9.48. The molecular weight excluding hydrogens is 516 g/mol. The standard InChI is InChI=1S/C30H36N2O6S/c1-19(33)37-24-11-10-22-16-25-30(34)13-12-23(31(2)39(35,36)18-21-6-4-3-5-7-21)28-29(30,26(22)27(24)38-28)14-15-32(25)17-20-8-9-20/h3-7,10-11,20,23,25,28,34H,8-9,12-18H2,1-2H3/t23-,25-,28+,29+,30-/m1/s1. The summed E-state index contributed by atoms with van der Waals surface area (Å²) in [5.74, 6) is 1.01. The van der Waals surface area contributed by atoms with Gasteiger partial charge in [-0.1, -0.05) is 36.4 Å². The van der Waals surface area contributed by atoms with Crippen molar-refractivity contribution in [3.63, 3.8) is 0 Å². The molecule has 39 heavy (non-hydrogen) atoms. The maximum absolute atomic E-state index is 13.7. The quantitative estimate of drug-likeness (QED) is 0.417. The molecule has 3 aliphatic carbocycles. The molecular formula is C30H36N2O6S. The first kappa shape index (κ1) is 25.5. The summed E-state index contributed by atoms with van der Waals surface area (Å²) in [4.78, 5) is 14.5. The van der Waals surface area contributed by atoms with Gasteiger partial charge in [0.25, 0.3) is 0 Å². The molecule has 1 saturated heterocycles. The van der Waals surface area contributed by atoms with E-state index in [-0.39, 0.29) is 11.8 Å². The van der Waals surface area contributed by atoms with Crippen LogP contribution >= 0.6 is 0 Å². The van der Waals surface area contributed by atoms with Crippen molar-refractivity contribution in [2.24, 2.45) is 5.92 Å². The Hall–Kier alpha value is -2.46. The van der Waals surface area contributed by atoms with Gasteiger partial charge in [-0.25, -0.2) is 8.42 Å². The van der Waals surface area contributed by atoms with Gasteiger partial charge in [0.1, 0.15) is 6.10 Å². The number of benzene rings is 2. The van der Waals surface area contributed by atoms with Gasteiger partial charge in [-0.2, -0.15) is 4.31 Å². The van der Waals surface area contributed by atoms with E-state index in [4.69, 9.17) is 9.47 Å². The normalized spacial score (nSPS) is 33.0. The van der Waals surface area contributed by atoms with E-state index in [1.807, 2.05) is 36.4 Å². The molecule has 2 bridgehead atoms. The Morgan fingerprint density at radius 3 is 2.64 bits per heavy atom. The third-order valence-electron chi connectivity index (χ3n) is 10.1. The molecule has 2 aromatic carbocycles. The van der Waals surface area contributed by atoms with E-state index in [2.05, 4.69) is 4.90 Å². The number of carbonyl (C=O) groups excluding carboxylic acids is 1. The van der Waals surface area contributed by atoms with Gasteiger partial charge < -0.3 is 14.6 Å². The van der Waals surface area contributed by atoms with Crippen LogP contribution < -0.4 is 9.47 Å². The van der Waals surface area contributed by atoms with Gasteiger partial charge in [-0.15, -0.1) is 0 Å². The molecule has 2 heterocycles. The number of ether oxygens (including phenoxy) is 2. The Morgan fingerprint density at radius 2 is 1.92 bits per heavy atom. The Bertz CT molecular complexity index is 1430. The maximum Gasteiger partial charge on any atom is 0.308 e. The van der Waals surface area contributed by atoms with Gasteiger partial charge in [0.2, 0.25) is 10.0 Å². The summed E-state index contributed by atoms with van der Waals surface area (Å²) in [6.07, 6.45) is 4.27. The number of aliphatic hydroxyl groups is 1. The van der Waals surface area contributed by atoms with Crippen LogP contribution in [0.15, 0.2) is 42.5 Å². The SMILES string of the molecule is CC(=O)Oc1ccc2c3c1O[C@H]1[C@H](N(C)S(=O)(=O)Cc4ccccc4)CC[C@@]4(O)[C@@H](C2)N(CC2CC2)CC[C@]314. The van der Waals surface area contributed by atoms with Crippen LogP contribution in [0, 0.1) is 5.92 Å². The zero-order valence-electron chi connectivity index (χ0n) is 22.5. The van der Waals surface area contributed by atoms with Crippen LogP contribution in [0.1, 0.15) is 55.7 Å². The average Bonchev–Trinajstić information content (AvgIpc) is 3.64. The third-order valence-corrected chi connectivity index (χ3v) is 11.9. The number of carbonyl (C=O) groups is 1. The van der Waals surface area contributed by atoms with E-state index >= 15 is 0 Å². The summed E-state index contributed by atoms with van der Waals surface area (Å²) in [7, 11) is -2.02. The molecule has 7 rings (SSSR count). The van der Waals surface area contributed by atoms with Gasteiger partial charge >= 0.3 is 5.97 Å². The average molecular weight is 553 g/mol. The van der Waals surface area contributed by atoms with E-state index in [1.54, 1.807) is 13.1 Å². The predicted molar refractivity (Wildman–Crippen MR) is 145 cm³/mol. The van der Waals surface area contributed by atoms with E-state index in [1.165, 1.54) is 24.1 Å². The van der Waals surface area contributed by atoms with Gasteiger partial charge in [-0.05, 0) is 68.2 Å². The summed E-state index contributed by atoms with van der Waals surface area (Å²) in [6, 6.07) is 12.5. The topological polar surface area (TPSA) is 96.4 Å². The van der Waals surface area contributed by atoms with Crippen molar-refractivity contribution in [1.82, 2.24) is 9.21 Å². The molecule has 2 saturated carbocycles. The molecule has 8 nitrogen and oxygen atoms in total. The number of rotatable bonds is 7. The number of hydrogen-bond donors (Lipinski definition) is 1. The second kappa shape index (κ2) is 8.77. The second-order valence-electron chi connectivity index (χ2n) is 12.2. The maximum atomic E-state index is 13.7. The van der Waals surface area contributed by atoms with Crippen molar-refractivity contribution in [3.05, 3.63) is 59.2 Å². The first-order valence-electron chi connectivity index (χ1n) is 14.1. The van der Waals surface area contributed by atoms with Crippen molar-refractivity contribution < 1.29 is 27.8 Å². The minimum absolute atomic E-state index is 0.0526. The zero-order chi connectivity index (χ0) is 27.2. The summed E-state index contributed by atoms with van der Waals surface area (Å²) >= 11 is 0. The lowest BCUT2D eigenvalue weighted by Gasteiger charge is -2.64. The highest BCUT2D eigenvalue weighted by Crippen LogP contribution is 2.66. The Morgan fingerprint density at radius 1 is 1.15 bits per heavy atom. The van der Waals surface area contributed by atoms with Crippen LogP contribution in [0.5, 0.6) is 11.5 Å². The van der Waals surface area contributed by atoms with Crippen LogP contribution in [0.3, 0.4) is 0 Å². The van der Waals surface area contributed by atoms with Crippen LogP contribution in [-0.4, -0.2) is 72.6 Å². The fraction of sp³-hybridized carbons (Fsp3) is 0.567. The zero-order valence-corrected chi connectivity index (χ0v) is 23.3. The molecule has 5 aliphatic rings. The number of likely N-dealkylation sites (N-methyl/N-ethyl adjacent to an activating group) is 1. The molecule has 9 heteroatoms. The van der Waals surface area contributed by atoms with Gasteiger partial charge in [-0.3, -0.25) is 9.69 Å². The van der Waals surface area contributed by atoms with Crippen molar-refractivity contribution in [2.75, 3.05) is 20.1 Å². The third kappa shape index (κ3) is 3.73. The fourth-order valence-corrected chi connectivity index (χ4v) is 9.59. The van der Waals surface area contributed by atoms with Crippen LogP contribution in [0.4, 0.5) is 0 Å². The van der Waals surface area contributed by atoms with Crippen LogP contribution in [0.2, 0.25) is 0 Å². The molecule has 3 fully saturated rings. The molecule has 5 atom stereocenters. The summed E-state index contributed by atoms with van der Waals surface area (Å²) in [5.41, 5.74) is 0.939. The first-order valence-corrected chi connectivity index (χ1v) is 15.7. The highest BCUT2D eigenvalue weighted by atomic mass is 32.2. The number of nitrogens with zero attached hydrogens (tertiary/aromatic N) is 2. The smallest absolute Gasteiger partial charge is 0.308 e. The fourth-order valence-electron chi connectivity index (χ4n) is 8.15. The number of likely N-dealkylation sites (tertiary alicyclic amines) is 1. The molecule has 1 N–H and O–H groups in total. The van der Waals surface area contributed by atoms with Crippen LogP contribution in [-0.2, 0) is 32.4 Å². The lowest BCUT2D eigenvalue weighted by Crippen LogP contribution is -2.78. The summed E-state index contributed by atoms with van der Waals surface area (Å²) in [5, 5.41) is 12.7. The lowest BCUT2D eigenvalue weighted by molar-refractivity contribution is -0.195. The summed E-state index contributed by atoms with van der Waals surface area (Å²) in [6.45, 7) is 3.19. The minimum atomic E-state index is -3.67. The molecule has 0 amide bonds. The number of piperidine rings is 1. The molecule has 208 valence electrons. The van der Waals surface area contributed by atoms with Crippen LogP contribution in [0.25, 0.3) is 0 Å².